The van der Waals surface area contributed by atoms with E-state index in [1.165, 1.54) is 18.9 Å². The van der Waals surface area contributed by atoms with Gasteiger partial charge in [0.05, 0.1) is 0 Å². The van der Waals surface area contributed by atoms with Crippen molar-refractivity contribution in [2.75, 3.05) is 11.4 Å². The molecule has 0 saturated heterocycles. The highest BCUT2D eigenvalue weighted by Gasteiger charge is 2.13. The second kappa shape index (κ2) is 8.88. The Bertz CT molecular complexity index is 498. The van der Waals surface area contributed by atoms with Crippen molar-refractivity contribution in [3.63, 3.8) is 0 Å². The highest BCUT2D eigenvalue weighted by Crippen LogP contribution is 2.28. The van der Waals surface area contributed by atoms with Crippen molar-refractivity contribution in [3.8, 4) is 0 Å². The zero-order chi connectivity index (χ0) is 15.8. The quantitative estimate of drug-likeness (QED) is 0.530. The van der Waals surface area contributed by atoms with Crippen LogP contribution in [0.2, 0.25) is 0 Å². The number of rotatable bonds is 8. The van der Waals surface area contributed by atoms with Crippen LogP contribution in [0.25, 0.3) is 6.08 Å². The standard InChI is InChI=1S/C17H24BrNO2/c1-4-5-6-11-19(13(2)3)16-9-8-15(18)12-14(16)7-10-17(20)21/h7-10,12-13H,4-6,11H2,1-3H3,(H,20,21)/b10-7+. The number of halogens is 1. The lowest BCUT2D eigenvalue weighted by Gasteiger charge is -2.30. The lowest BCUT2D eigenvalue weighted by atomic mass is 10.1. The number of nitrogens with zero attached hydrogens (tertiary/aromatic N) is 1. The lowest BCUT2D eigenvalue weighted by molar-refractivity contribution is -0.131. The molecule has 0 aliphatic heterocycles. The molecule has 21 heavy (non-hydrogen) atoms. The largest absolute Gasteiger partial charge is 0.478 e. The molecule has 0 amide bonds. The molecule has 0 saturated carbocycles. The van der Waals surface area contributed by atoms with E-state index in [2.05, 4.69) is 47.7 Å². The van der Waals surface area contributed by atoms with E-state index in [9.17, 15) is 4.79 Å². The molecule has 0 unspecified atom stereocenters. The van der Waals surface area contributed by atoms with Crippen molar-refractivity contribution < 1.29 is 9.90 Å². The molecular weight excluding hydrogens is 330 g/mol. The van der Waals surface area contributed by atoms with E-state index in [0.29, 0.717) is 6.04 Å². The maximum Gasteiger partial charge on any atom is 0.328 e. The van der Waals surface area contributed by atoms with Gasteiger partial charge < -0.3 is 10.0 Å². The van der Waals surface area contributed by atoms with Crippen LogP contribution in [-0.4, -0.2) is 23.7 Å². The second-order valence-corrected chi connectivity index (χ2v) is 6.28. The van der Waals surface area contributed by atoms with Crippen molar-refractivity contribution in [3.05, 3.63) is 34.3 Å². The van der Waals surface area contributed by atoms with Gasteiger partial charge in [-0.2, -0.15) is 0 Å². The zero-order valence-corrected chi connectivity index (χ0v) is 14.6. The van der Waals surface area contributed by atoms with Crippen molar-refractivity contribution in [1.29, 1.82) is 0 Å². The SMILES string of the molecule is CCCCCN(c1ccc(Br)cc1/C=C/C(=O)O)C(C)C. The monoisotopic (exact) mass is 353 g/mol. The first-order valence-corrected chi connectivity index (χ1v) is 8.22. The van der Waals surface area contributed by atoms with Gasteiger partial charge in [0.15, 0.2) is 0 Å². The summed E-state index contributed by atoms with van der Waals surface area (Å²) in [5.74, 6) is -0.928. The Kier molecular flexibility index (Phi) is 7.51. The Balaban J connectivity index is 3.08. The molecule has 0 radical (unpaired) electrons. The number of carboxylic acid groups (broad SMARTS) is 1. The highest BCUT2D eigenvalue weighted by molar-refractivity contribution is 9.10. The predicted octanol–water partition coefficient (Wildman–Crippen LogP) is 4.95. The van der Waals surface area contributed by atoms with Gasteiger partial charge in [-0.1, -0.05) is 35.7 Å². The summed E-state index contributed by atoms with van der Waals surface area (Å²) in [5, 5.41) is 8.84. The van der Waals surface area contributed by atoms with E-state index >= 15 is 0 Å². The first-order valence-electron chi connectivity index (χ1n) is 7.43. The Morgan fingerprint density at radius 1 is 1.38 bits per heavy atom. The molecule has 0 spiro atoms. The molecule has 0 bridgehead atoms. The molecule has 3 nitrogen and oxygen atoms in total. The van der Waals surface area contributed by atoms with Crippen LogP contribution < -0.4 is 4.90 Å². The number of carboxylic acids is 1. The van der Waals surface area contributed by atoms with Gasteiger partial charge in [-0.05, 0) is 50.1 Å². The molecule has 0 aliphatic rings. The van der Waals surface area contributed by atoms with Crippen LogP contribution in [0, 0.1) is 0 Å². The van der Waals surface area contributed by atoms with Crippen LogP contribution in [0.1, 0.15) is 45.6 Å². The molecule has 1 rings (SSSR count). The number of hydrogen-bond acceptors (Lipinski definition) is 2. The van der Waals surface area contributed by atoms with Crippen LogP contribution in [0.4, 0.5) is 5.69 Å². The number of aliphatic carboxylic acids is 1. The first-order chi connectivity index (χ1) is 9.95. The van der Waals surface area contributed by atoms with Crippen LogP contribution in [0.5, 0.6) is 0 Å². The van der Waals surface area contributed by atoms with Gasteiger partial charge in [0, 0.05) is 28.8 Å². The fraction of sp³-hybridized carbons (Fsp3) is 0.471. The Morgan fingerprint density at radius 2 is 2.10 bits per heavy atom. The average molecular weight is 354 g/mol. The number of carbonyl (C=O) groups is 1. The normalized spacial score (nSPS) is 11.3. The maximum atomic E-state index is 10.8. The maximum absolute atomic E-state index is 10.8. The highest BCUT2D eigenvalue weighted by atomic mass is 79.9. The third-order valence-electron chi connectivity index (χ3n) is 3.33. The van der Waals surface area contributed by atoms with Gasteiger partial charge in [0.1, 0.15) is 0 Å². The molecule has 0 atom stereocenters. The summed E-state index contributed by atoms with van der Waals surface area (Å²) in [5.41, 5.74) is 2.01. The lowest BCUT2D eigenvalue weighted by Crippen LogP contribution is -2.32. The first kappa shape index (κ1) is 17.8. The molecule has 1 aromatic carbocycles. The van der Waals surface area contributed by atoms with Crippen molar-refractivity contribution in [1.82, 2.24) is 0 Å². The third-order valence-corrected chi connectivity index (χ3v) is 3.82. The summed E-state index contributed by atoms with van der Waals surface area (Å²) in [7, 11) is 0. The average Bonchev–Trinajstić information content (AvgIpc) is 2.42. The smallest absolute Gasteiger partial charge is 0.328 e. The minimum absolute atomic E-state index is 0.375. The molecule has 0 fully saturated rings. The Morgan fingerprint density at radius 3 is 2.67 bits per heavy atom. The van der Waals surface area contributed by atoms with Gasteiger partial charge in [-0.25, -0.2) is 4.79 Å². The third kappa shape index (κ3) is 5.92. The molecule has 0 heterocycles. The van der Waals surface area contributed by atoms with Crippen LogP contribution in [0.15, 0.2) is 28.7 Å². The van der Waals surface area contributed by atoms with Crippen molar-refractivity contribution in [2.45, 2.75) is 46.1 Å². The summed E-state index contributed by atoms with van der Waals surface area (Å²) in [6.07, 6.45) is 6.40. The van der Waals surface area contributed by atoms with Gasteiger partial charge in [-0.3, -0.25) is 0 Å². The van der Waals surface area contributed by atoms with E-state index in [-0.39, 0.29) is 0 Å². The molecule has 1 aromatic rings. The van der Waals surface area contributed by atoms with Crippen molar-refractivity contribution in [2.24, 2.45) is 0 Å². The van der Waals surface area contributed by atoms with E-state index in [1.54, 1.807) is 6.08 Å². The number of unbranched alkanes of at least 4 members (excludes halogenated alkanes) is 2. The summed E-state index contributed by atoms with van der Waals surface area (Å²) in [6, 6.07) is 6.39. The Hall–Kier alpha value is -1.29. The zero-order valence-electron chi connectivity index (χ0n) is 13.0. The molecule has 1 N–H and O–H groups in total. The number of benzene rings is 1. The topological polar surface area (TPSA) is 40.5 Å². The van der Waals surface area contributed by atoms with E-state index in [0.717, 1.165) is 28.7 Å². The molecule has 0 aliphatic carbocycles. The molecule has 116 valence electrons. The molecular formula is C17H24BrNO2. The minimum Gasteiger partial charge on any atom is -0.478 e. The van der Waals surface area contributed by atoms with Gasteiger partial charge >= 0.3 is 5.97 Å². The summed E-state index contributed by atoms with van der Waals surface area (Å²) in [6.45, 7) is 7.51. The van der Waals surface area contributed by atoms with E-state index in [1.807, 2.05) is 12.1 Å². The predicted molar refractivity (Wildman–Crippen MR) is 92.8 cm³/mol. The van der Waals surface area contributed by atoms with Crippen LogP contribution >= 0.6 is 15.9 Å². The number of hydrogen-bond donors (Lipinski definition) is 1. The summed E-state index contributed by atoms with van der Waals surface area (Å²) < 4.78 is 0.952. The Labute approximate surface area is 135 Å². The van der Waals surface area contributed by atoms with E-state index in [4.69, 9.17) is 5.11 Å². The fourth-order valence-corrected chi connectivity index (χ4v) is 2.65. The molecule has 4 heteroatoms. The molecule has 0 aromatic heterocycles. The minimum atomic E-state index is -0.928. The second-order valence-electron chi connectivity index (χ2n) is 5.37. The van der Waals surface area contributed by atoms with Crippen LogP contribution in [0.3, 0.4) is 0 Å². The summed E-state index contributed by atoms with van der Waals surface area (Å²) >= 11 is 3.45. The van der Waals surface area contributed by atoms with Crippen LogP contribution in [-0.2, 0) is 4.79 Å². The van der Waals surface area contributed by atoms with Gasteiger partial charge in [0.2, 0.25) is 0 Å². The van der Waals surface area contributed by atoms with Gasteiger partial charge in [0.25, 0.3) is 0 Å². The van der Waals surface area contributed by atoms with Gasteiger partial charge in [-0.15, -0.1) is 0 Å². The van der Waals surface area contributed by atoms with E-state index < -0.39 is 5.97 Å². The van der Waals surface area contributed by atoms with Crippen molar-refractivity contribution >= 4 is 33.7 Å². The summed E-state index contributed by atoms with van der Waals surface area (Å²) in [4.78, 5) is 13.1. The fourth-order valence-electron chi connectivity index (χ4n) is 2.27. The number of anilines is 1.